The molecule has 0 atom stereocenters. The Labute approximate surface area is 160 Å². The molecule has 0 saturated carbocycles. The Morgan fingerprint density at radius 1 is 0.607 bits per heavy atom. The van der Waals surface area contributed by atoms with Gasteiger partial charge in [0.05, 0.1) is 22.4 Å². The molecule has 5 aromatic rings. The number of fused-ring (bicyclic) bond motifs is 2. The van der Waals surface area contributed by atoms with E-state index in [0.717, 1.165) is 27.6 Å². The number of aromatic hydroxyl groups is 1. The summed E-state index contributed by atoms with van der Waals surface area (Å²) < 4.78 is 13.7. The summed E-state index contributed by atoms with van der Waals surface area (Å²) in [6, 6.07) is 25.4. The van der Waals surface area contributed by atoms with Gasteiger partial charge in [0, 0.05) is 17.2 Å². The van der Waals surface area contributed by atoms with Crippen LogP contribution in [0.4, 0.5) is 4.39 Å². The summed E-state index contributed by atoms with van der Waals surface area (Å²) in [5, 5.41) is 11.6. The number of hydrogen-bond acceptors (Lipinski definition) is 3. The Balaban J connectivity index is 1.80. The van der Waals surface area contributed by atoms with Gasteiger partial charge in [0.2, 0.25) is 0 Å². The topological polar surface area (TPSA) is 46.0 Å². The Morgan fingerprint density at radius 2 is 1.32 bits per heavy atom. The van der Waals surface area contributed by atoms with E-state index in [2.05, 4.69) is 0 Å². The Bertz CT molecular complexity index is 1330. The third-order valence-electron chi connectivity index (χ3n) is 4.77. The normalized spacial score (nSPS) is 11.2. The quantitative estimate of drug-likeness (QED) is 0.419. The monoisotopic (exact) mass is 366 g/mol. The summed E-state index contributed by atoms with van der Waals surface area (Å²) in [6.07, 6.45) is 0. The maximum Gasteiger partial charge on any atom is 0.125 e. The van der Waals surface area contributed by atoms with Crippen LogP contribution in [0.15, 0.2) is 84.9 Å². The first-order chi connectivity index (χ1) is 13.7. The van der Waals surface area contributed by atoms with Crippen LogP contribution in [0.1, 0.15) is 0 Å². The van der Waals surface area contributed by atoms with Crippen LogP contribution < -0.4 is 0 Å². The lowest BCUT2D eigenvalue weighted by Gasteiger charge is -2.11. The van der Waals surface area contributed by atoms with Gasteiger partial charge in [0.25, 0.3) is 0 Å². The average molecular weight is 366 g/mol. The molecule has 0 unspecified atom stereocenters. The fraction of sp³-hybridized carbons (Fsp3) is 0. The highest BCUT2D eigenvalue weighted by atomic mass is 19.1. The molecule has 1 N–H and O–H groups in total. The van der Waals surface area contributed by atoms with E-state index in [4.69, 9.17) is 9.97 Å². The molecular weight excluding hydrogens is 351 g/mol. The fourth-order valence-electron chi connectivity index (χ4n) is 3.41. The molecule has 0 saturated heterocycles. The molecule has 0 fully saturated rings. The van der Waals surface area contributed by atoms with Crippen molar-refractivity contribution in [1.29, 1.82) is 0 Å². The second-order valence-electron chi connectivity index (χ2n) is 6.67. The van der Waals surface area contributed by atoms with Gasteiger partial charge in [-0.05, 0) is 41.1 Å². The number of nitrogens with zero attached hydrogens (tertiary/aromatic N) is 2. The van der Waals surface area contributed by atoms with Crippen molar-refractivity contribution >= 4 is 21.8 Å². The SMILES string of the molecule is Oc1ccc2cc(-c3nc4ccc(F)cc4nc3-c3ccccc3)ccc2c1. The lowest BCUT2D eigenvalue weighted by molar-refractivity contribution is 0.476. The lowest BCUT2D eigenvalue weighted by Crippen LogP contribution is -1.96. The zero-order valence-electron chi connectivity index (χ0n) is 14.8. The van der Waals surface area contributed by atoms with Crippen molar-refractivity contribution in [1.82, 2.24) is 9.97 Å². The fourth-order valence-corrected chi connectivity index (χ4v) is 3.41. The Kier molecular flexibility index (Phi) is 3.76. The van der Waals surface area contributed by atoms with Gasteiger partial charge in [0.15, 0.2) is 0 Å². The van der Waals surface area contributed by atoms with Crippen molar-refractivity contribution in [3.63, 3.8) is 0 Å². The van der Waals surface area contributed by atoms with E-state index >= 15 is 0 Å². The van der Waals surface area contributed by atoms with Gasteiger partial charge >= 0.3 is 0 Å². The molecule has 1 aromatic heterocycles. The number of aromatic nitrogens is 2. The molecule has 0 amide bonds. The first-order valence-electron chi connectivity index (χ1n) is 8.93. The van der Waals surface area contributed by atoms with E-state index in [9.17, 15) is 9.50 Å². The van der Waals surface area contributed by atoms with Crippen LogP contribution in [0.25, 0.3) is 44.3 Å². The maximum atomic E-state index is 13.7. The van der Waals surface area contributed by atoms with Gasteiger partial charge in [-0.15, -0.1) is 0 Å². The van der Waals surface area contributed by atoms with E-state index in [0.29, 0.717) is 16.7 Å². The highest BCUT2D eigenvalue weighted by molar-refractivity contribution is 5.92. The summed E-state index contributed by atoms with van der Waals surface area (Å²) in [4.78, 5) is 9.54. The largest absolute Gasteiger partial charge is 0.508 e. The molecule has 0 aliphatic heterocycles. The van der Waals surface area contributed by atoms with Gasteiger partial charge in [-0.1, -0.05) is 48.5 Å². The molecule has 0 bridgehead atoms. The summed E-state index contributed by atoms with van der Waals surface area (Å²) in [6.45, 7) is 0. The number of benzene rings is 4. The van der Waals surface area contributed by atoms with Crippen LogP contribution in [-0.2, 0) is 0 Å². The third kappa shape index (κ3) is 2.85. The number of phenolic OH excluding ortho intramolecular Hbond substituents is 1. The van der Waals surface area contributed by atoms with Crippen LogP contribution >= 0.6 is 0 Å². The molecule has 4 heteroatoms. The van der Waals surface area contributed by atoms with E-state index in [-0.39, 0.29) is 11.6 Å². The zero-order valence-corrected chi connectivity index (χ0v) is 14.8. The van der Waals surface area contributed by atoms with E-state index in [1.807, 2.05) is 54.6 Å². The number of halogens is 1. The lowest BCUT2D eigenvalue weighted by atomic mass is 10.0. The smallest absolute Gasteiger partial charge is 0.125 e. The molecule has 4 aromatic carbocycles. The number of rotatable bonds is 2. The molecule has 1 heterocycles. The molecule has 134 valence electrons. The standard InChI is InChI=1S/C24H15FN2O/c25-19-9-11-21-22(14-19)27-23(15-4-2-1-3-5-15)24(26-21)18-7-6-17-13-20(28)10-8-16(17)12-18/h1-14,28H. The van der Waals surface area contributed by atoms with Crippen LogP contribution in [0, 0.1) is 5.82 Å². The van der Waals surface area contributed by atoms with Crippen molar-refractivity contribution in [3.8, 4) is 28.3 Å². The predicted octanol–water partition coefficient (Wildman–Crippen LogP) is 5.96. The highest BCUT2D eigenvalue weighted by Gasteiger charge is 2.14. The molecule has 0 spiro atoms. The first-order valence-corrected chi connectivity index (χ1v) is 8.93. The van der Waals surface area contributed by atoms with Crippen molar-refractivity contribution in [2.45, 2.75) is 0 Å². The third-order valence-corrected chi connectivity index (χ3v) is 4.77. The van der Waals surface area contributed by atoms with Crippen LogP contribution in [0.2, 0.25) is 0 Å². The van der Waals surface area contributed by atoms with Crippen molar-refractivity contribution < 1.29 is 9.50 Å². The molecule has 28 heavy (non-hydrogen) atoms. The van der Waals surface area contributed by atoms with Crippen LogP contribution in [0.3, 0.4) is 0 Å². The molecule has 3 nitrogen and oxygen atoms in total. The molecule has 0 aliphatic rings. The predicted molar refractivity (Wildman–Crippen MR) is 110 cm³/mol. The van der Waals surface area contributed by atoms with Gasteiger partial charge in [-0.2, -0.15) is 0 Å². The molecular formula is C24H15FN2O. The minimum atomic E-state index is -0.334. The molecule has 0 radical (unpaired) electrons. The van der Waals surface area contributed by atoms with Crippen molar-refractivity contribution in [3.05, 3.63) is 90.7 Å². The average Bonchev–Trinajstić information content (AvgIpc) is 2.73. The Hall–Kier alpha value is -3.79. The molecule has 5 rings (SSSR count). The minimum Gasteiger partial charge on any atom is -0.508 e. The van der Waals surface area contributed by atoms with Crippen molar-refractivity contribution in [2.75, 3.05) is 0 Å². The van der Waals surface area contributed by atoms with Gasteiger partial charge < -0.3 is 5.11 Å². The van der Waals surface area contributed by atoms with Crippen LogP contribution in [0.5, 0.6) is 5.75 Å². The Morgan fingerprint density at radius 3 is 2.18 bits per heavy atom. The second-order valence-corrected chi connectivity index (χ2v) is 6.67. The highest BCUT2D eigenvalue weighted by Crippen LogP contribution is 2.33. The van der Waals surface area contributed by atoms with Crippen LogP contribution in [-0.4, -0.2) is 15.1 Å². The summed E-state index contributed by atoms with van der Waals surface area (Å²) in [5.41, 5.74) is 4.44. The van der Waals surface area contributed by atoms with Gasteiger partial charge in [-0.3, -0.25) is 0 Å². The van der Waals surface area contributed by atoms with Gasteiger partial charge in [0.1, 0.15) is 11.6 Å². The van der Waals surface area contributed by atoms with Gasteiger partial charge in [-0.25, -0.2) is 14.4 Å². The number of phenols is 1. The van der Waals surface area contributed by atoms with Crippen molar-refractivity contribution in [2.24, 2.45) is 0 Å². The van der Waals surface area contributed by atoms with E-state index < -0.39 is 0 Å². The molecule has 0 aliphatic carbocycles. The first kappa shape index (κ1) is 16.4. The minimum absolute atomic E-state index is 0.234. The maximum absolute atomic E-state index is 13.7. The second kappa shape index (κ2) is 6.43. The number of hydrogen-bond donors (Lipinski definition) is 1. The summed E-state index contributed by atoms with van der Waals surface area (Å²) in [7, 11) is 0. The van der Waals surface area contributed by atoms with E-state index in [1.165, 1.54) is 12.1 Å². The zero-order chi connectivity index (χ0) is 19.1. The summed E-state index contributed by atoms with van der Waals surface area (Å²) >= 11 is 0. The summed E-state index contributed by atoms with van der Waals surface area (Å²) in [5.74, 6) is -0.100. The van der Waals surface area contributed by atoms with E-state index in [1.54, 1.807) is 18.2 Å².